The van der Waals surface area contributed by atoms with E-state index in [-0.39, 0.29) is 18.0 Å². The van der Waals surface area contributed by atoms with Gasteiger partial charge in [-0.05, 0) is 57.7 Å². The molecule has 0 saturated carbocycles. The van der Waals surface area contributed by atoms with Crippen molar-refractivity contribution in [3.8, 4) is 6.07 Å². The fourth-order valence-electron chi connectivity index (χ4n) is 3.39. The topological polar surface area (TPSA) is 101 Å². The van der Waals surface area contributed by atoms with Crippen molar-refractivity contribution in [2.45, 2.75) is 51.9 Å². The first-order chi connectivity index (χ1) is 16.0. The number of carbonyl (C=O) groups is 2. The summed E-state index contributed by atoms with van der Waals surface area (Å²) in [4.78, 5) is 30.4. The van der Waals surface area contributed by atoms with Crippen LogP contribution in [-0.2, 0) is 11.3 Å². The summed E-state index contributed by atoms with van der Waals surface area (Å²) < 4.78 is 5.36. The average molecular weight is 469 g/mol. The molecule has 1 atom stereocenters. The molecule has 1 saturated heterocycles. The lowest BCUT2D eigenvalue weighted by Gasteiger charge is -2.40. The number of rotatable bonds is 9. The Morgan fingerprint density at radius 2 is 2.06 bits per heavy atom. The van der Waals surface area contributed by atoms with E-state index >= 15 is 0 Å². The Hall–Kier alpha value is -3.67. The number of hydrogen-bond donors (Lipinski definition) is 2. The molecule has 1 aliphatic heterocycles. The largest absolute Gasteiger partial charge is 0.444 e. The molecule has 1 unspecified atom stereocenters. The van der Waals surface area contributed by atoms with Crippen LogP contribution in [0.1, 0.15) is 43.6 Å². The molecule has 9 nitrogen and oxygen atoms in total. The van der Waals surface area contributed by atoms with Crippen LogP contribution in [-0.4, -0.2) is 66.7 Å². The quantitative estimate of drug-likeness (QED) is 0.574. The van der Waals surface area contributed by atoms with Crippen LogP contribution in [0.4, 0.5) is 10.5 Å². The molecule has 0 aliphatic carbocycles. The summed E-state index contributed by atoms with van der Waals surface area (Å²) in [5.41, 5.74) is 1.66. The maximum absolute atomic E-state index is 12.9. The zero-order valence-electron chi connectivity index (χ0n) is 21.0. The molecule has 2 rings (SSSR count). The molecule has 2 amide bonds. The van der Waals surface area contributed by atoms with Gasteiger partial charge in [0.15, 0.2) is 0 Å². The third-order valence-corrected chi connectivity index (χ3v) is 5.23. The number of likely N-dealkylation sites (tertiary alicyclic amines) is 1. The molecule has 34 heavy (non-hydrogen) atoms. The van der Waals surface area contributed by atoms with Crippen molar-refractivity contribution < 1.29 is 14.3 Å². The molecule has 0 aromatic heterocycles. The minimum Gasteiger partial charge on any atom is -0.444 e. The van der Waals surface area contributed by atoms with Crippen molar-refractivity contribution in [1.82, 2.24) is 20.4 Å². The molecule has 1 fully saturated rings. The number of nitrogens with zero attached hydrogens (tertiary/aromatic N) is 4. The highest BCUT2D eigenvalue weighted by molar-refractivity contribution is 5.95. The van der Waals surface area contributed by atoms with Crippen LogP contribution in [0, 0.1) is 11.3 Å². The summed E-state index contributed by atoms with van der Waals surface area (Å²) in [6.45, 7) is 12.4. The van der Waals surface area contributed by atoms with Gasteiger partial charge in [0.05, 0.1) is 12.1 Å². The van der Waals surface area contributed by atoms with Crippen molar-refractivity contribution in [2.75, 3.05) is 32.1 Å². The second kappa shape index (κ2) is 11.5. The van der Waals surface area contributed by atoms with Gasteiger partial charge >= 0.3 is 6.09 Å². The molecule has 2 N–H and O–H groups in total. The van der Waals surface area contributed by atoms with Gasteiger partial charge in [-0.25, -0.2) is 4.79 Å². The molecule has 9 heteroatoms. The molecule has 1 aliphatic rings. The van der Waals surface area contributed by atoms with Gasteiger partial charge in [-0.3, -0.25) is 4.79 Å². The van der Waals surface area contributed by atoms with E-state index < -0.39 is 11.6 Å². The Morgan fingerprint density at radius 1 is 1.38 bits per heavy atom. The van der Waals surface area contributed by atoms with E-state index in [0.29, 0.717) is 25.2 Å². The first kappa shape index (κ1) is 26.6. The van der Waals surface area contributed by atoms with Crippen molar-refractivity contribution in [2.24, 2.45) is 0 Å². The van der Waals surface area contributed by atoms with E-state index in [4.69, 9.17) is 4.74 Å². The van der Waals surface area contributed by atoms with Crippen LogP contribution < -0.4 is 15.5 Å². The van der Waals surface area contributed by atoms with E-state index in [1.54, 1.807) is 36.6 Å². The van der Waals surface area contributed by atoms with Crippen LogP contribution in [0.25, 0.3) is 0 Å². The summed E-state index contributed by atoms with van der Waals surface area (Å²) in [6, 6.07) is 7.15. The lowest BCUT2D eigenvalue weighted by molar-refractivity contribution is 0.00533. The maximum Gasteiger partial charge on any atom is 0.410 e. The van der Waals surface area contributed by atoms with Gasteiger partial charge in [0, 0.05) is 57.4 Å². The van der Waals surface area contributed by atoms with Crippen LogP contribution in [0.2, 0.25) is 0 Å². The summed E-state index contributed by atoms with van der Waals surface area (Å²) in [7, 11) is 3.68. The van der Waals surface area contributed by atoms with E-state index in [1.807, 2.05) is 56.7 Å². The fourth-order valence-corrected chi connectivity index (χ4v) is 3.39. The molecule has 1 heterocycles. The first-order valence-electron chi connectivity index (χ1n) is 11.3. The zero-order valence-corrected chi connectivity index (χ0v) is 21.0. The predicted molar refractivity (Wildman–Crippen MR) is 133 cm³/mol. The molecule has 0 bridgehead atoms. The smallest absolute Gasteiger partial charge is 0.410 e. The van der Waals surface area contributed by atoms with E-state index in [9.17, 15) is 14.9 Å². The van der Waals surface area contributed by atoms with Gasteiger partial charge in [-0.15, -0.1) is 0 Å². The summed E-state index contributed by atoms with van der Waals surface area (Å²) in [5.74, 6) is -0.214. The normalized spacial score (nSPS) is 14.6. The number of benzene rings is 1. The molecule has 1 aromatic carbocycles. The van der Waals surface area contributed by atoms with Crippen LogP contribution in [0.5, 0.6) is 0 Å². The second-order valence-electron chi connectivity index (χ2n) is 9.31. The van der Waals surface area contributed by atoms with E-state index in [1.165, 1.54) is 0 Å². The Kier molecular flexibility index (Phi) is 8.96. The van der Waals surface area contributed by atoms with Crippen molar-refractivity contribution in [1.29, 1.82) is 5.26 Å². The van der Waals surface area contributed by atoms with Crippen LogP contribution in [0.3, 0.4) is 0 Å². The third kappa shape index (κ3) is 7.17. The molecule has 0 radical (unpaired) electrons. The predicted octanol–water partition coefficient (Wildman–Crippen LogP) is 3.02. The van der Waals surface area contributed by atoms with Crippen molar-refractivity contribution >= 4 is 17.7 Å². The van der Waals surface area contributed by atoms with E-state index in [2.05, 4.69) is 23.3 Å². The number of ether oxygens (including phenoxy) is 1. The average Bonchev–Trinajstić information content (AvgIpc) is 2.74. The highest BCUT2D eigenvalue weighted by Crippen LogP contribution is 2.26. The van der Waals surface area contributed by atoms with Gasteiger partial charge in [0.25, 0.3) is 5.91 Å². The molecular formula is C25H36N6O3. The summed E-state index contributed by atoms with van der Waals surface area (Å²) in [5, 5.41) is 15.4. The summed E-state index contributed by atoms with van der Waals surface area (Å²) >= 11 is 0. The minimum absolute atomic E-state index is 0.132. The molecular weight excluding hydrogens is 432 g/mol. The standard InChI is InChI=1S/C25H36N6O3/c1-8-29(7)15-20-13-19(9-10-22(20)31(12-11-27-6)18(2)14-26)23(32)28-21-16-30(17-21)24(33)34-25(3,4)5/h8-13,18,21,27H,1,15-17H2,2-7H3,(H,28,32)/b12-11-. The van der Waals surface area contributed by atoms with Crippen molar-refractivity contribution in [3.63, 3.8) is 0 Å². The van der Waals surface area contributed by atoms with Crippen LogP contribution >= 0.6 is 0 Å². The van der Waals surface area contributed by atoms with Gasteiger partial charge in [0.2, 0.25) is 0 Å². The number of nitriles is 1. The Morgan fingerprint density at radius 3 is 2.62 bits per heavy atom. The van der Waals surface area contributed by atoms with Gasteiger partial charge in [-0.1, -0.05) is 6.58 Å². The Balaban J connectivity index is 2.18. The van der Waals surface area contributed by atoms with Crippen LogP contribution in [0.15, 0.2) is 43.4 Å². The highest BCUT2D eigenvalue weighted by atomic mass is 16.6. The Labute approximate surface area is 202 Å². The maximum atomic E-state index is 12.9. The Bertz CT molecular complexity index is 956. The molecule has 184 valence electrons. The van der Waals surface area contributed by atoms with Gasteiger partial charge in [-0.2, -0.15) is 5.26 Å². The third-order valence-electron chi connectivity index (χ3n) is 5.23. The molecule has 0 spiro atoms. The number of hydrogen-bond acceptors (Lipinski definition) is 7. The number of nitrogens with one attached hydrogen (secondary N) is 2. The summed E-state index contributed by atoms with van der Waals surface area (Å²) in [6.07, 6.45) is 4.89. The fraction of sp³-hybridized carbons (Fsp3) is 0.480. The number of carbonyl (C=O) groups excluding carboxylic acids is 2. The van der Waals surface area contributed by atoms with Gasteiger partial charge < -0.3 is 30.1 Å². The van der Waals surface area contributed by atoms with Crippen molar-refractivity contribution in [3.05, 3.63) is 54.5 Å². The minimum atomic E-state index is -0.554. The lowest BCUT2D eigenvalue weighted by Crippen LogP contribution is -2.61. The number of amides is 2. The second-order valence-corrected chi connectivity index (χ2v) is 9.31. The zero-order chi connectivity index (χ0) is 25.5. The van der Waals surface area contributed by atoms with E-state index in [0.717, 1.165) is 11.3 Å². The van der Waals surface area contributed by atoms with Gasteiger partial charge in [0.1, 0.15) is 11.6 Å². The first-order valence-corrected chi connectivity index (χ1v) is 11.3. The number of anilines is 1. The lowest BCUT2D eigenvalue weighted by atomic mass is 10.0. The monoisotopic (exact) mass is 468 g/mol. The molecule has 1 aromatic rings. The SMILES string of the molecule is C=CN(C)Cc1cc(C(=O)NC2CN(C(=O)OC(C)(C)C)C2)ccc1N(/C=C\NC)C(C)C#N. The highest BCUT2D eigenvalue weighted by Gasteiger charge is 2.34.